The molecule has 0 spiro atoms. The highest BCUT2D eigenvalue weighted by atomic mass is 32.1. The molecule has 1 unspecified atom stereocenters. The Morgan fingerprint density at radius 1 is 1.03 bits per heavy atom. The first-order chi connectivity index (χ1) is 16.7. The molecular formula is C27H22N2O3S2. The van der Waals surface area contributed by atoms with E-state index in [1.165, 1.54) is 16.9 Å². The maximum absolute atomic E-state index is 13.8. The molecule has 0 saturated heterocycles. The Labute approximate surface area is 204 Å². The summed E-state index contributed by atoms with van der Waals surface area (Å²) in [6.45, 7) is 0. The van der Waals surface area contributed by atoms with E-state index in [1.807, 2.05) is 46.4 Å². The number of rotatable bonds is 4. The summed E-state index contributed by atoms with van der Waals surface area (Å²) in [6.07, 6.45) is 3.70. The van der Waals surface area contributed by atoms with Gasteiger partial charge in [0.25, 0.3) is 5.56 Å². The van der Waals surface area contributed by atoms with E-state index in [-0.39, 0.29) is 11.6 Å². The van der Waals surface area contributed by atoms with Crippen molar-refractivity contribution in [2.75, 3.05) is 14.2 Å². The van der Waals surface area contributed by atoms with E-state index in [1.54, 1.807) is 25.6 Å². The van der Waals surface area contributed by atoms with E-state index >= 15 is 0 Å². The molecule has 3 heterocycles. The molecule has 5 nitrogen and oxygen atoms in total. The number of ether oxygens (including phenoxy) is 2. The molecule has 2 aromatic carbocycles. The van der Waals surface area contributed by atoms with Gasteiger partial charge in [0.05, 0.1) is 30.5 Å². The van der Waals surface area contributed by atoms with Crippen molar-refractivity contribution in [2.45, 2.75) is 18.9 Å². The number of methoxy groups -OCH3 is 2. The third-order valence-corrected chi connectivity index (χ3v) is 8.22. The highest BCUT2D eigenvalue weighted by Crippen LogP contribution is 2.45. The van der Waals surface area contributed by atoms with Gasteiger partial charge in [-0.25, -0.2) is 4.99 Å². The minimum atomic E-state index is -0.310. The van der Waals surface area contributed by atoms with Gasteiger partial charge in [0.15, 0.2) is 16.3 Å². The number of thiophene rings is 1. The Morgan fingerprint density at radius 3 is 2.71 bits per heavy atom. The summed E-state index contributed by atoms with van der Waals surface area (Å²) in [7, 11) is 3.28. The van der Waals surface area contributed by atoms with Gasteiger partial charge in [-0.3, -0.25) is 9.36 Å². The molecule has 1 atom stereocenters. The average molecular weight is 487 g/mol. The molecule has 0 N–H and O–H groups in total. The maximum atomic E-state index is 13.8. The lowest BCUT2D eigenvalue weighted by molar-refractivity contribution is 0.348. The summed E-state index contributed by atoms with van der Waals surface area (Å²) < 4.78 is 13.9. The number of aryl methyl sites for hydroxylation is 1. The first-order valence-corrected chi connectivity index (χ1v) is 12.8. The number of fused-ring (bicyclic) bond motifs is 3. The third-order valence-electron chi connectivity index (χ3n) is 6.42. The van der Waals surface area contributed by atoms with Gasteiger partial charge in [0, 0.05) is 16.0 Å². The van der Waals surface area contributed by atoms with E-state index in [9.17, 15) is 4.79 Å². The van der Waals surface area contributed by atoms with Crippen LogP contribution >= 0.6 is 22.7 Å². The van der Waals surface area contributed by atoms with Crippen LogP contribution in [-0.4, -0.2) is 18.8 Å². The summed E-state index contributed by atoms with van der Waals surface area (Å²) in [4.78, 5) is 20.6. The topological polar surface area (TPSA) is 52.8 Å². The normalized spacial score (nSPS) is 17.0. The second-order valence-corrected chi connectivity index (χ2v) is 10.2. The van der Waals surface area contributed by atoms with Crippen molar-refractivity contribution in [1.82, 2.24) is 4.57 Å². The predicted molar refractivity (Wildman–Crippen MR) is 137 cm³/mol. The van der Waals surface area contributed by atoms with Crippen LogP contribution in [0.1, 0.15) is 34.0 Å². The Hall–Kier alpha value is -3.42. The summed E-state index contributed by atoms with van der Waals surface area (Å²) in [5.41, 5.74) is 5.43. The van der Waals surface area contributed by atoms with Crippen molar-refractivity contribution in [3.63, 3.8) is 0 Å². The van der Waals surface area contributed by atoms with Crippen molar-refractivity contribution in [1.29, 1.82) is 0 Å². The highest BCUT2D eigenvalue weighted by molar-refractivity contribution is 7.11. The van der Waals surface area contributed by atoms with Gasteiger partial charge in [-0.05, 0) is 47.6 Å². The molecule has 170 valence electrons. The summed E-state index contributed by atoms with van der Waals surface area (Å²) in [5.74, 6) is 1.30. The number of hydrogen-bond acceptors (Lipinski definition) is 6. The van der Waals surface area contributed by atoms with Gasteiger partial charge in [-0.2, -0.15) is 0 Å². The van der Waals surface area contributed by atoms with Crippen LogP contribution in [0.2, 0.25) is 0 Å². The van der Waals surface area contributed by atoms with Gasteiger partial charge < -0.3 is 9.47 Å². The predicted octanol–water partition coefficient (Wildman–Crippen LogP) is 4.40. The zero-order chi connectivity index (χ0) is 23.2. The number of para-hydroxylation sites is 1. The second-order valence-electron chi connectivity index (χ2n) is 8.21. The van der Waals surface area contributed by atoms with Crippen molar-refractivity contribution < 1.29 is 9.47 Å². The lowest BCUT2D eigenvalue weighted by Gasteiger charge is -2.31. The van der Waals surface area contributed by atoms with Crippen LogP contribution in [0.5, 0.6) is 11.5 Å². The number of benzene rings is 2. The Morgan fingerprint density at radius 2 is 1.91 bits per heavy atom. The molecule has 0 saturated carbocycles. The number of nitrogens with zero attached hydrogens (tertiary/aromatic N) is 2. The first-order valence-electron chi connectivity index (χ1n) is 11.1. The average Bonchev–Trinajstić information content (AvgIpc) is 3.50. The molecule has 4 aromatic rings. The monoisotopic (exact) mass is 486 g/mol. The molecule has 7 heteroatoms. The molecule has 34 heavy (non-hydrogen) atoms. The summed E-state index contributed by atoms with van der Waals surface area (Å²) >= 11 is 3.06. The van der Waals surface area contributed by atoms with E-state index in [0.29, 0.717) is 20.8 Å². The van der Waals surface area contributed by atoms with Gasteiger partial charge in [0.2, 0.25) is 0 Å². The van der Waals surface area contributed by atoms with Crippen LogP contribution in [0.15, 0.2) is 75.3 Å². The van der Waals surface area contributed by atoms with Crippen LogP contribution in [0, 0.1) is 0 Å². The summed E-state index contributed by atoms with van der Waals surface area (Å²) in [5, 5.41) is 2.02. The Bertz CT molecular complexity index is 1610. The zero-order valence-electron chi connectivity index (χ0n) is 18.8. The highest BCUT2D eigenvalue weighted by Gasteiger charge is 2.34. The maximum Gasteiger partial charge on any atom is 0.271 e. The van der Waals surface area contributed by atoms with E-state index in [0.717, 1.165) is 40.1 Å². The standard InChI is InChI=1S/C27H22N2O3S2/c1-31-21-11-5-10-20(25(21)32-2)24-19-13-12-16-7-3-4-9-18(16)23(19)28-27-29(24)26(30)22(34-27)15-17-8-6-14-33-17/h3-11,14-15,24H,12-13H2,1-2H3/b22-15-. The lowest BCUT2D eigenvalue weighted by Crippen LogP contribution is -2.39. The molecule has 2 aromatic heterocycles. The molecule has 0 radical (unpaired) electrons. The van der Waals surface area contributed by atoms with Gasteiger partial charge in [0.1, 0.15) is 0 Å². The van der Waals surface area contributed by atoms with Crippen molar-refractivity contribution in [3.05, 3.63) is 107 Å². The molecule has 0 bridgehead atoms. The van der Waals surface area contributed by atoms with E-state index in [4.69, 9.17) is 14.5 Å². The van der Waals surface area contributed by atoms with Crippen LogP contribution in [0.25, 0.3) is 11.8 Å². The molecule has 2 aliphatic rings. The SMILES string of the molecule is COc1cccc(C2C3=C(N=c4s/c(=C\c5cccs5)c(=O)n42)c2ccccc2CC3)c1OC. The third kappa shape index (κ3) is 3.27. The van der Waals surface area contributed by atoms with Crippen molar-refractivity contribution in [3.8, 4) is 11.5 Å². The zero-order valence-corrected chi connectivity index (χ0v) is 20.4. The molecule has 0 fully saturated rings. The van der Waals surface area contributed by atoms with E-state index in [2.05, 4.69) is 24.3 Å². The van der Waals surface area contributed by atoms with Crippen LogP contribution < -0.4 is 24.4 Å². The van der Waals surface area contributed by atoms with Crippen molar-refractivity contribution >= 4 is 34.4 Å². The molecule has 0 amide bonds. The molecular weight excluding hydrogens is 464 g/mol. The van der Waals surface area contributed by atoms with Gasteiger partial charge in [-0.15, -0.1) is 11.3 Å². The fourth-order valence-corrected chi connectivity index (χ4v) is 6.65. The van der Waals surface area contributed by atoms with Crippen LogP contribution in [-0.2, 0) is 6.42 Å². The fourth-order valence-electron chi connectivity index (χ4n) is 4.93. The molecule has 1 aliphatic carbocycles. The number of thiazole rings is 1. The van der Waals surface area contributed by atoms with E-state index < -0.39 is 0 Å². The first kappa shape index (κ1) is 21.1. The molecule has 1 aliphatic heterocycles. The quantitative estimate of drug-likeness (QED) is 0.430. The fraction of sp³-hybridized carbons (Fsp3) is 0.185. The summed E-state index contributed by atoms with van der Waals surface area (Å²) in [6, 6.07) is 18.0. The Kier molecular flexibility index (Phi) is 5.23. The van der Waals surface area contributed by atoms with Gasteiger partial charge >= 0.3 is 0 Å². The van der Waals surface area contributed by atoms with Gasteiger partial charge in [-0.1, -0.05) is 53.8 Å². The number of aromatic nitrogens is 1. The number of hydrogen-bond donors (Lipinski definition) is 0. The Balaban J connectivity index is 1.68. The number of allylic oxidation sites excluding steroid dienone is 1. The van der Waals surface area contributed by atoms with Crippen LogP contribution in [0.3, 0.4) is 0 Å². The largest absolute Gasteiger partial charge is 0.493 e. The molecule has 6 rings (SSSR count). The second kappa shape index (κ2) is 8.42. The smallest absolute Gasteiger partial charge is 0.271 e. The van der Waals surface area contributed by atoms with Crippen molar-refractivity contribution in [2.24, 2.45) is 4.99 Å². The van der Waals surface area contributed by atoms with Crippen LogP contribution in [0.4, 0.5) is 0 Å². The minimum Gasteiger partial charge on any atom is -0.493 e. The minimum absolute atomic E-state index is 0.0302. The lowest BCUT2D eigenvalue weighted by atomic mass is 9.83.